The van der Waals surface area contributed by atoms with Crippen LogP contribution in [0.25, 0.3) is 0 Å². The lowest BCUT2D eigenvalue weighted by molar-refractivity contribution is -0.139. The Balaban J connectivity index is 2.42. The molecule has 0 bridgehead atoms. The highest BCUT2D eigenvalue weighted by molar-refractivity contribution is 6.30. The van der Waals surface area contributed by atoms with Gasteiger partial charge in [-0.1, -0.05) is 23.7 Å². The van der Waals surface area contributed by atoms with E-state index in [0.29, 0.717) is 11.4 Å². The molecule has 0 aliphatic rings. The molecule has 0 radical (unpaired) electrons. The first-order valence-corrected chi connectivity index (χ1v) is 7.53. The predicted molar refractivity (Wildman–Crippen MR) is 83.5 cm³/mol. The Hall–Kier alpha value is -1.55. The standard InChI is InChI=1S/C16H22ClNO3/c1-12(2)18(11-10-16(20)21)15(19)5-3-4-13-6-8-14(17)9-7-13/h6-9,12H,3-5,10-11H2,1-2H3,(H,20,21). The Morgan fingerprint density at radius 2 is 1.81 bits per heavy atom. The highest BCUT2D eigenvalue weighted by Gasteiger charge is 2.17. The van der Waals surface area contributed by atoms with Crippen LogP contribution in [0.3, 0.4) is 0 Å². The highest BCUT2D eigenvalue weighted by Crippen LogP contribution is 2.13. The van der Waals surface area contributed by atoms with Gasteiger partial charge >= 0.3 is 5.97 Å². The van der Waals surface area contributed by atoms with Crippen LogP contribution in [0, 0.1) is 0 Å². The van der Waals surface area contributed by atoms with Gasteiger partial charge in [0.05, 0.1) is 6.42 Å². The third-order valence-electron chi connectivity index (χ3n) is 3.28. The molecule has 1 aromatic rings. The first-order chi connectivity index (χ1) is 9.90. The summed E-state index contributed by atoms with van der Waals surface area (Å²) in [5, 5.41) is 9.43. The van der Waals surface area contributed by atoms with Gasteiger partial charge in [-0.3, -0.25) is 9.59 Å². The summed E-state index contributed by atoms with van der Waals surface area (Å²) in [5.41, 5.74) is 1.15. The van der Waals surface area contributed by atoms with Gasteiger partial charge in [-0.05, 0) is 44.4 Å². The monoisotopic (exact) mass is 311 g/mol. The van der Waals surface area contributed by atoms with Crippen LogP contribution in [0.5, 0.6) is 0 Å². The molecule has 1 rings (SSSR count). The molecule has 0 heterocycles. The number of hydrogen-bond donors (Lipinski definition) is 1. The van der Waals surface area contributed by atoms with Gasteiger partial charge in [0.1, 0.15) is 0 Å². The van der Waals surface area contributed by atoms with Crippen molar-refractivity contribution in [2.24, 2.45) is 0 Å². The molecule has 1 amide bonds. The summed E-state index contributed by atoms with van der Waals surface area (Å²) < 4.78 is 0. The van der Waals surface area contributed by atoms with Gasteiger partial charge in [0.25, 0.3) is 0 Å². The van der Waals surface area contributed by atoms with E-state index in [9.17, 15) is 9.59 Å². The number of hydrogen-bond acceptors (Lipinski definition) is 2. The molecule has 0 saturated carbocycles. The van der Waals surface area contributed by atoms with Crippen molar-refractivity contribution in [1.29, 1.82) is 0 Å². The normalized spacial score (nSPS) is 10.7. The van der Waals surface area contributed by atoms with Gasteiger partial charge in [-0.2, -0.15) is 0 Å². The maximum atomic E-state index is 12.2. The largest absolute Gasteiger partial charge is 0.481 e. The van der Waals surface area contributed by atoms with Crippen molar-refractivity contribution in [3.63, 3.8) is 0 Å². The molecule has 4 nitrogen and oxygen atoms in total. The maximum Gasteiger partial charge on any atom is 0.305 e. The third kappa shape index (κ3) is 6.63. The predicted octanol–water partition coefficient (Wildman–Crippen LogP) is 3.37. The number of halogens is 1. The van der Waals surface area contributed by atoms with E-state index < -0.39 is 5.97 Å². The number of carbonyl (C=O) groups is 2. The molecular formula is C16H22ClNO3. The summed E-state index contributed by atoms with van der Waals surface area (Å²) in [5.74, 6) is -0.866. The van der Waals surface area contributed by atoms with E-state index in [1.165, 1.54) is 0 Å². The van der Waals surface area contributed by atoms with Gasteiger partial charge in [0.2, 0.25) is 5.91 Å². The molecule has 0 aliphatic carbocycles. The smallest absolute Gasteiger partial charge is 0.305 e. The summed E-state index contributed by atoms with van der Waals surface area (Å²) in [6.45, 7) is 4.07. The Bertz CT molecular complexity index is 471. The minimum absolute atomic E-state index is 0.0128. The maximum absolute atomic E-state index is 12.2. The van der Waals surface area contributed by atoms with E-state index in [1.54, 1.807) is 4.90 Å². The van der Waals surface area contributed by atoms with E-state index in [4.69, 9.17) is 16.7 Å². The molecule has 1 aromatic carbocycles. The Labute approximate surface area is 130 Å². The summed E-state index contributed by atoms with van der Waals surface area (Å²) in [6, 6.07) is 7.61. The molecule has 21 heavy (non-hydrogen) atoms. The number of carbonyl (C=O) groups excluding carboxylic acids is 1. The average Bonchev–Trinajstić information content (AvgIpc) is 2.40. The second-order valence-corrected chi connectivity index (χ2v) is 5.74. The van der Waals surface area contributed by atoms with Crippen LogP contribution in [0.4, 0.5) is 0 Å². The fourth-order valence-electron chi connectivity index (χ4n) is 2.13. The van der Waals surface area contributed by atoms with Gasteiger partial charge in [0, 0.05) is 24.0 Å². The molecule has 0 unspecified atom stereocenters. The minimum Gasteiger partial charge on any atom is -0.481 e. The molecule has 1 N–H and O–H groups in total. The van der Waals surface area contributed by atoms with Crippen molar-refractivity contribution < 1.29 is 14.7 Å². The lowest BCUT2D eigenvalue weighted by Crippen LogP contribution is -2.38. The Kier molecular flexibility index (Phi) is 7.23. The Morgan fingerprint density at radius 1 is 1.19 bits per heavy atom. The molecular weight excluding hydrogens is 290 g/mol. The number of rotatable bonds is 8. The Morgan fingerprint density at radius 3 is 2.33 bits per heavy atom. The van der Waals surface area contributed by atoms with Crippen molar-refractivity contribution in [3.05, 3.63) is 34.9 Å². The van der Waals surface area contributed by atoms with Gasteiger partial charge in [-0.25, -0.2) is 0 Å². The number of nitrogens with zero attached hydrogens (tertiary/aromatic N) is 1. The highest BCUT2D eigenvalue weighted by atomic mass is 35.5. The molecule has 0 saturated heterocycles. The quantitative estimate of drug-likeness (QED) is 0.800. The van der Waals surface area contributed by atoms with Gasteiger partial charge in [-0.15, -0.1) is 0 Å². The summed E-state index contributed by atoms with van der Waals surface area (Å²) in [6.07, 6.45) is 1.98. The molecule has 116 valence electrons. The van der Waals surface area contributed by atoms with Crippen molar-refractivity contribution in [2.45, 2.75) is 45.6 Å². The van der Waals surface area contributed by atoms with Crippen LogP contribution >= 0.6 is 11.6 Å². The number of carboxylic acid groups (broad SMARTS) is 1. The lowest BCUT2D eigenvalue weighted by atomic mass is 10.1. The molecule has 0 spiro atoms. The molecule has 5 heteroatoms. The van der Waals surface area contributed by atoms with Crippen molar-refractivity contribution in [2.75, 3.05) is 6.54 Å². The number of benzene rings is 1. The summed E-state index contributed by atoms with van der Waals surface area (Å²) >= 11 is 5.82. The van der Waals surface area contributed by atoms with Crippen LogP contribution < -0.4 is 0 Å². The second kappa shape index (κ2) is 8.67. The van der Waals surface area contributed by atoms with Crippen LogP contribution in [-0.2, 0) is 16.0 Å². The first-order valence-electron chi connectivity index (χ1n) is 7.16. The van der Waals surface area contributed by atoms with Crippen LogP contribution in [0.1, 0.15) is 38.7 Å². The fourth-order valence-corrected chi connectivity index (χ4v) is 2.25. The van der Waals surface area contributed by atoms with Crippen LogP contribution in [-0.4, -0.2) is 34.5 Å². The number of aryl methyl sites for hydroxylation is 1. The summed E-state index contributed by atoms with van der Waals surface area (Å²) in [7, 11) is 0. The SMILES string of the molecule is CC(C)N(CCC(=O)O)C(=O)CCCc1ccc(Cl)cc1. The molecule has 0 atom stereocenters. The zero-order valence-corrected chi connectivity index (χ0v) is 13.3. The van der Waals surface area contributed by atoms with Crippen LogP contribution in [0.2, 0.25) is 5.02 Å². The van der Waals surface area contributed by atoms with Crippen molar-refractivity contribution in [1.82, 2.24) is 4.90 Å². The van der Waals surface area contributed by atoms with Crippen LogP contribution in [0.15, 0.2) is 24.3 Å². The van der Waals surface area contributed by atoms with E-state index in [0.717, 1.165) is 18.4 Å². The topological polar surface area (TPSA) is 57.6 Å². The first kappa shape index (κ1) is 17.5. The summed E-state index contributed by atoms with van der Waals surface area (Å²) in [4.78, 5) is 24.4. The lowest BCUT2D eigenvalue weighted by Gasteiger charge is -2.26. The number of amides is 1. The molecule has 0 aliphatic heterocycles. The fraction of sp³-hybridized carbons (Fsp3) is 0.500. The van der Waals surface area contributed by atoms with E-state index in [-0.39, 0.29) is 24.9 Å². The molecule has 0 aromatic heterocycles. The zero-order chi connectivity index (χ0) is 15.8. The average molecular weight is 312 g/mol. The second-order valence-electron chi connectivity index (χ2n) is 5.30. The third-order valence-corrected chi connectivity index (χ3v) is 3.53. The van der Waals surface area contributed by atoms with E-state index in [1.807, 2.05) is 38.1 Å². The molecule has 0 fully saturated rings. The van der Waals surface area contributed by atoms with Gasteiger partial charge < -0.3 is 10.0 Å². The van der Waals surface area contributed by atoms with Crippen molar-refractivity contribution in [3.8, 4) is 0 Å². The van der Waals surface area contributed by atoms with E-state index in [2.05, 4.69) is 0 Å². The van der Waals surface area contributed by atoms with E-state index >= 15 is 0 Å². The van der Waals surface area contributed by atoms with Crippen molar-refractivity contribution >= 4 is 23.5 Å². The van der Waals surface area contributed by atoms with Gasteiger partial charge in [0.15, 0.2) is 0 Å². The number of aliphatic carboxylic acids is 1. The minimum atomic E-state index is -0.880. The number of carboxylic acids is 1. The zero-order valence-electron chi connectivity index (χ0n) is 12.5.